The van der Waals surface area contributed by atoms with Gasteiger partial charge >= 0.3 is 11.9 Å². The highest BCUT2D eigenvalue weighted by atomic mass is 31.2. The van der Waals surface area contributed by atoms with Crippen molar-refractivity contribution in [3.8, 4) is 0 Å². The predicted octanol–water partition coefficient (Wildman–Crippen LogP) is 4.52. The fraction of sp³-hybridized carbons (Fsp3) is 0.636. The summed E-state index contributed by atoms with van der Waals surface area (Å²) in [6.45, 7) is 10.3. The van der Waals surface area contributed by atoms with E-state index in [1.807, 2.05) is 12.1 Å². The molecule has 1 atom stereocenters. The molecule has 0 aliphatic rings. The molecule has 0 heterocycles. The standard InChI is InChI=1S/C22H36O5P/c1-7-8-13-28(5,6)15-20-11-9-19(10-12-20)14-26-21(24)22(3,16-25-4)17-27-18(2)23/h9-12H,7-8,13-17H2,1-6H3/q+1. The second-order valence-electron chi connectivity index (χ2n) is 8.34. The fourth-order valence-corrected chi connectivity index (χ4v) is 5.49. The van der Waals surface area contributed by atoms with Crippen molar-refractivity contribution in [3.63, 3.8) is 0 Å². The van der Waals surface area contributed by atoms with Gasteiger partial charge in [0, 0.05) is 34.6 Å². The third-order valence-corrected chi connectivity index (χ3v) is 7.42. The van der Waals surface area contributed by atoms with Crippen LogP contribution >= 0.6 is 7.26 Å². The highest BCUT2D eigenvalue weighted by Crippen LogP contribution is 2.54. The third kappa shape index (κ3) is 8.70. The molecule has 0 radical (unpaired) electrons. The van der Waals surface area contributed by atoms with Gasteiger partial charge in [0.2, 0.25) is 0 Å². The van der Waals surface area contributed by atoms with Gasteiger partial charge < -0.3 is 14.2 Å². The van der Waals surface area contributed by atoms with Crippen LogP contribution in [0.4, 0.5) is 0 Å². The van der Waals surface area contributed by atoms with Gasteiger partial charge in [-0.3, -0.25) is 9.59 Å². The van der Waals surface area contributed by atoms with E-state index in [9.17, 15) is 9.59 Å². The Morgan fingerprint density at radius 2 is 1.64 bits per heavy atom. The van der Waals surface area contributed by atoms with Crippen molar-refractivity contribution >= 4 is 19.2 Å². The first-order chi connectivity index (χ1) is 13.1. The van der Waals surface area contributed by atoms with E-state index in [1.165, 1.54) is 38.6 Å². The van der Waals surface area contributed by atoms with Gasteiger partial charge in [-0.2, -0.15) is 0 Å². The largest absolute Gasteiger partial charge is 0.465 e. The number of hydrogen-bond acceptors (Lipinski definition) is 5. The van der Waals surface area contributed by atoms with Gasteiger partial charge in [-0.1, -0.05) is 37.6 Å². The van der Waals surface area contributed by atoms with E-state index < -0.39 is 24.6 Å². The number of carbonyl (C=O) groups is 2. The molecule has 1 unspecified atom stereocenters. The second kappa shape index (κ2) is 11.5. The Morgan fingerprint density at radius 3 is 2.18 bits per heavy atom. The van der Waals surface area contributed by atoms with Gasteiger partial charge in [0.05, 0.1) is 18.9 Å². The minimum Gasteiger partial charge on any atom is -0.465 e. The first-order valence-corrected chi connectivity index (χ1v) is 12.9. The molecule has 6 heteroatoms. The van der Waals surface area contributed by atoms with Crippen molar-refractivity contribution in [2.45, 2.75) is 46.4 Å². The molecular formula is C22H36O5P+. The van der Waals surface area contributed by atoms with Crippen LogP contribution in [-0.4, -0.2) is 51.8 Å². The molecule has 0 fully saturated rings. The van der Waals surface area contributed by atoms with Crippen LogP contribution in [0.3, 0.4) is 0 Å². The topological polar surface area (TPSA) is 61.8 Å². The number of carbonyl (C=O) groups excluding carboxylic acids is 2. The van der Waals surface area contributed by atoms with Crippen molar-refractivity contribution in [2.24, 2.45) is 5.41 Å². The van der Waals surface area contributed by atoms with Crippen LogP contribution in [0.15, 0.2) is 24.3 Å². The number of benzene rings is 1. The number of ether oxygens (including phenoxy) is 3. The van der Waals surface area contributed by atoms with Crippen LogP contribution in [0.1, 0.15) is 44.7 Å². The monoisotopic (exact) mass is 411 g/mol. The van der Waals surface area contributed by atoms with E-state index in [0.29, 0.717) is 0 Å². The Hall–Kier alpha value is -1.45. The smallest absolute Gasteiger partial charge is 0.317 e. The maximum absolute atomic E-state index is 12.5. The zero-order chi connectivity index (χ0) is 21.2. The normalized spacial score (nSPS) is 13.6. The maximum Gasteiger partial charge on any atom is 0.317 e. The van der Waals surface area contributed by atoms with Gasteiger partial charge in [-0.25, -0.2) is 0 Å². The maximum atomic E-state index is 12.5. The molecule has 158 valence electrons. The summed E-state index contributed by atoms with van der Waals surface area (Å²) in [6.07, 6.45) is 5.00. The summed E-state index contributed by atoms with van der Waals surface area (Å²) in [6, 6.07) is 8.29. The van der Waals surface area contributed by atoms with Gasteiger partial charge in [0.1, 0.15) is 18.6 Å². The van der Waals surface area contributed by atoms with Gasteiger partial charge in [0.25, 0.3) is 0 Å². The molecular weight excluding hydrogens is 375 g/mol. The molecule has 1 aromatic rings. The Labute approximate surface area is 170 Å². The average molecular weight is 411 g/mol. The van der Waals surface area contributed by atoms with Crippen LogP contribution in [0.2, 0.25) is 0 Å². The van der Waals surface area contributed by atoms with Gasteiger partial charge in [-0.05, 0) is 24.5 Å². The molecule has 0 saturated heterocycles. The summed E-state index contributed by atoms with van der Waals surface area (Å²) in [7, 11) is 0.589. The molecule has 28 heavy (non-hydrogen) atoms. The highest BCUT2D eigenvalue weighted by Gasteiger charge is 2.36. The minimum absolute atomic E-state index is 0.0650. The summed E-state index contributed by atoms with van der Waals surface area (Å²) in [5, 5.41) is 0. The Bertz CT molecular complexity index is 626. The van der Waals surface area contributed by atoms with Gasteiger partial charge in [0.15, 0.2) is 0 Å². The van der Waals surface area contributed by atoms with E-state index in [1.54, 1.807) is 6.92 Å². The van der Waals surface area contributed by atoms with Gasteiger partial charge in [-0.15, -0.1) is 0 Å². The van der Waals surface area contributed by atoms with E-state index in [2.05, 4.69) is 32.4 Å². The van der Waals surface area contributed by atoms with E-state index >= 15 is 0 Å². The Kier molecular flexibility index (Phi) is 10.1. The summed E-state index contributed by atoms with van der Waals surface area (Å²) >= 11 is 0. The first kappa shape index (κ1) is 24.6. The summed E-state index contributed by atoms with van der Waals surface area (Å²) in [5.74, 6) is -0.873. The average Bonchev–Trinajstić information content (AvgIpc) is 2.64. The molecule has 0 amide bonds. The number of esters is 2. The number of rotatable bonds is 12. The van der Waals surface area contributed by atoms with Crippen molar-refractivity contribution in [3.05, 3.63) is 35.4 Å². The number of methoxy groups -OCH3 is 1. The Morgan fingerprint density at radius 1 is 1.04 bits per heavy atom. The molecule has 0 aromatic heterocycles. The highest BCUT2D eigenvalue weighted by molar-refractivity contribution is 7.73. The molecule has 0 spiro atoms. The predicted molar refractivity (Wildman–Crippen MR) is 115 cm³/mol. The molecule has 1 aromatic carbocycles. The van der Waals surface area contributed by atoms with E-state index in [4.69, 9.17) is 14.2 Å². The quantitative estimate of drug-likeness (QED) is 0.374. The molecule has 0 aliphatic carbocycles. The minimum atomic E-state index is -1.02. The SMILES string of the molecule is CCCC[P+](C)(C)Cc1ccc(COC(=O)C(C)(COC)COC(C)=O)cc1. The third-order valence-electron chi connectivity index (χ3n) is 4.67. The molecule has 1 rings (SSSR count). The Balaban J connectivity index is 2.63. The lowest BCUT2D eigenvalue weighted by Crippen LogP contribution is -2.39. The lowest BCUT2D eigenvalue weighted by Gasteiger charge is -2.25. The van der Waals surface area contributed by atoms with E-state index in [-0.39, 0.29) is 19.8 Å². The zero-order valence-corrected chi connectivity index (χ0v) is 19.1. The fourth-order valence-electron chi connectivity index (χ4n) is 2.96. The summed E-state index contributed by atoms with van der Waals surface area (Å²) < 4.78 is 15.6. The van der Waals surface area contributed by atoms with Crippen LogP contribution in [-0.2, 0) is 36.6 Å². The molecule has 0 saturated carbocycles. The number of unbranched alkanes of at least 4 members (excludes halogenated alkanes) is 1. The lowest BCUT2D eigenvalue weighted by molar-refractivity contribution is -0.167. The van der Waals surface area contributed by atoms with Crippen molar-refractivity contribution in [2.75, 3.05) is 39.8 Å². The van der Waals surface area contributed by atoms with E-state index in [0.717, 1.165) is 11.7 Å². The van der Waals surface area contributed by atoms with Crippen LogP contribution in [0, 0.1) is 5.41 Å². The molecule has 5 nitrogen and oxygen atoms in total. The zero-order valence-electron chi connectivity index (χ0n) is 18.2. The summed E-state index contributed by atoms with van der Waals surface area (Å²) in [4.78, 5) is 23.6. The molecule has 0 N–H and O–H groups in total. The van der Waals surface area contributed by atoms with Crippen LogP contribution in [0.25, 0.3) is 0 Å². The van der Waals surface area contributed by atoms with Crippen molar-refractivity contribution in [1.82, 2.24) is 0 Å². The molecule has 0 bridgehead atoms. The molecule has 0 aliphatic heterocycles. The van der Waals surface area contributed by atoms with Crippen LogP contribution < -0.4 is 0 Å². The number of hydrogen-bond donors (Lipinski definition) is 0. The van der Waals surface area contributed by atoms with Crippen LogP contribution in [0.5, 0.6) is 0 Å². The first-order valence-electron chi connectivity index (χ1n) is 9.81. The van der Waals surface area contributed by atoms with Crippen molar-refractivity contribution < 1.29 is 23.8 Å². The van der Waals surface area contributed by atoms with Crippen molar-refractivity contribution in [1.29, 1.82) is 0 Å². The lowest BCUT2D eigenvalue weighted by atomic mass is 9.93. The summed E-state index contributed by atoms with van der Waals surface area (Å²) in [5.41, 5.74) is 1.26. The second-order valence-corrected chi connectivity index (χ2v) is 13.0.